The van der Waals surface area contributed by atoms with Crippen LogP contribution in [0.1, 0.15) is 5.56 Å². The van der Waals surface area contributed by atoms with Crippen molar-refractivity contribution < 1.29 is 0 Å². The summed E-state index contributed by atoms with van der Waals surface area (Å²) in [5, 5.41) is 4.11. The van der Waals surface area contributed by atoms with Crippen molar-refractivity contribution in [2.24, 2.45) is 0 Å². The standard InChI is InChI=1S/C12H11Cl2N3/c1-7-5-8(15)6-16-12(7)17-10-4-2-3-9(13)11(10)14/h2-6H,15H2,1H3,(H,16,17). The number of anilines is 3. The summed E-state index contributed by atoms with van der Waals surface area (Å²) >= 11 is 12.0. The summed E-state index contributed by atoms with van der Waals surface area (Å²) in [5.41, 5.74) is 7.93. The molecule has 1 aromatic carbocycles. The summed E-state index contributed by atoms with van der Waals surface area (Å²) in [6, 6.07) is 7.24. The summed E-state index contributed by atoms with van der Waals surface area (Å²) < 4.78 is 0. The number of nitrogens with two attached hydrogens (primary N) is 1. The zero-order valence-corrected chi connectivity index (χ0v) is 10.7. The second-order valence-electron chi connectivity index (χ2n) is 3.66. The molecule has 1 heterocycles. The van der Waals surface area contributed by atoms with Crippen LogP contribution in [0.25, 0.3) is 0 Å². The highest BCUT2D eigenvalue weighted by molar-refractivity contribution is 6.43. The van der Waals surface area contributed by atoms with E-state index < -0.39 is 0 Å². The van der Waals surface area contributed by atoms with E-state index in [9.17, 15) is 0 Å². The molecule has 3 nitrogen and oxygen atoms in total. The Kier molecular flexibility index (Phi) is 3.41. The molecule has 88 valence electrons. The number of halogens is 2. The Hall–Kier alpha value is -1.45. The van der Waals surface area contributed by atoms with Gasteiger partial charge in [0.1, 0.15) is 5.82 Å². The summed E-state index contributed by atoms with van der Waals surface area (Å²) in [4.78, 5) is 4.21. The van der Waals surface area contributed by atoms with Crippen LogP contribution in [0.5, 0.6) is 0 Å². The molecule has 0 saturated heterocycles. The molecule has 0 saturated carbocycles. The molecule has 0 amide bonds. The van der Waals surface area contributed by atoms with Gasteiger partial charge in [-0.05, 0) is 30.7 Å². The lowest BCUT2D eigenvalue weighted by Crippen LogP contribution is -1.98. The maximum absolute atomic E-state index is 6.08. The predicted octanol–water partition coefficient (Wildman–Crippen LogP) is 4.02. The van der Waals surface area contributed by atoms with Crippen molar-refractivity contribution in [3.8, 4) is 0 Å². The second kappa shape index (κ2) is 4.82. The number of nitrogens with zero attached hydrogens (tertiary/aromatic N) is 1. The quantitative estimate of drug-likeness (QED) is 0.864. The zero-order valence-electron chi connectivity index (χ0n) is 9.17. The summed E-state index contributed by atoms with van der Waals surface area (Å²) in [7, 11) is 0. The van der Waals surface area contributed by atoms with Crippen LogP contribution in [0, 0.1) is 6.92 Å². The van der Waals surface area contributed by atoms with Crippen LogP contribution in [0.4, 0.5) is 17.2 Å². The third-order valence-corrected chi connectivity index (χ3v) is 3.12. The molecule has 0 spiro atoms. The van der Waals surface area contributed by atoms with Gasteiger partial charge in [0.05, 0.1) is 27.6 Å². The van der Waals surface area contributed by atoms with Crippen molar-refractivity contribution in [1.82, 2.24) is 4.98 Å². The fraction of sp³-hybridized carbons (Fsp3) is 0.0833. The second-order valence-corrected chi connectivity index (χ2v) is 4.45. The highest BCUT2D eigenvalue weighted by Crippen LogP contribution is 2.32. The first kappa shape index (κ1) is 12.0. The number of nitrogen functional groups attached to an aromatic ring is 1. The van der Waals surface area contributed by atoms with Crippen molar-refractivity contribution in [2.75, 3.05) is 11.1 Å². The first-order chi connectivity index (χ1) is 8.08. The lowest BCUT2D eigenvalue weighted by Gasteiger charge is -2.11. The number of benzene rings is 1. The lowest BCUT2D eigenvalue weighted by molar-refractivity contribution is 1.26. The van der Waals surface area contributed by atoms with Crippen LogP contribution in [0.2, 0.25) is 10.0 Å². The Bertz CT molecular complexity index is 555. The Balaban J connectivity index is 2.35. The van der Waals surface area contributed by atoms with E-state index >= 15 is 0 Å². The molecule has 0 aliphatic rings. The Morgan fingerprint density at radius 2 is 2.06 bits per heavy atom. The van der Waals surface area contributed by atoms with Crippen LogP contribution in [0.3, 0.4) is 0 Å². The van der Waals surface area contributed by atoms with E-state index in [1.165, 1.54) is 0 Å². The third kappa shape index (κ3) is 2.62. The van der Waals surface area contributed by atoms with Gasteiger partial charge in [0, 0.05) is 0 Å². The topological polar surface area (TPSA) is 50.9 Å². The van der Waals surface area contributed by atoms with E-state index in [0.717, 1.165) is 11.3 Å². The number of hydrogen-bond acceptors (Lipinski definition) is 3. The van der Waals surface area contributed by atoms with E-state index in [0.29, 0.717) is 21.6 Å². The fourth-order valence-corrected chi connectivity index (χ4v) is 1.80. The van der Waals surface area contributed by atoms with Gasteiger partial charge in [-0.15, -0.1) is 0 Å². The van der Waals surface area contributed by atoms with Crippen LogP contribution in [0.15, 0.2) is 30.5 Å². The molecule has 5 heteroatoms. The van der Waals surface area contributed by atoms with E-state index in [1.807, 2.05) is 25.1 Å². The fourth-order valence-electron chi connectivity index (χ4n) is 1.46. The number of nitrogens with one attached hydrogen (secondary N) is 1. The lowest BCUT2D eigenvalue weighted by atomic mass is 10.2. The minimum atomic E-state index is 0.479. The smallest absolute Gasteiger partial charge is 0.133 e. The van der Waals surface area contributed by atoms with Crippen molar-refractivity contribution in [3.05, 3.63) is 46.1 Å². The summed E-state index contributed by atoms with van der Waals surface area (Å²) in [5.74, 6) is 0.711. The van der Waals surface area contributed by atoms with Crippen molar-refractivity contribution in [3.63, 3.8) is 0 Å². The maximum atomic E-state index is 6.08. The number of pyridine rings is 1. The van der Waals surface area contributed by atoms with Gasteiger partial charge in [-0.25, -0.2) is 4.98 Å². The molecular weight excluding hydrogens is 257 g/mol. The normalized spacial score (nSPS) is 10.3. The summed E-state index contributed by atoms with van der Waals surface area (Å²) in [6.07, 6.45) is 1.59. The Morgan fingerprint density at radius 1 is 1.29 bits per heavy atom. The molecule has 3 N–H and O–H groups in total. The molecule has 0 unspecified atom stereocenters. The van der Waals surface area contributed by atoms with Gasteiger partial charge in [0.15, 0.2) is 0 Å². The monoisotopic (exact) mass is 267 g/mol. The van der Waals surface area contributed by atoms with Crippen molar-refractivity contribution in [2.45, 2.75) is 6.92 Å². The Labute approximate surface area is 110 Å². The van der Waals surface area contributed by atoms with Crippen molar-refractivity contribution >= 4 is 40.4 Å². The number of hydrogen-bond donors (Lipinski definition) is 2. The van der Waals surface area contributed by atoms with E-state index in [2.05, 4.69) is 10.3 Å². The van der Waals surface area contributed by atoms with Crippen LogP contribution in [-0.2, 0) is 0 Å². The van der Waals surface area contributed by atoms with Crippen LogP contribution in [-0.4, -0.2) is 4.98 Å². The van der Waals surface area contributed by atoms with Crippen LogP contribution >= 0.6 is 23.2 Å². The molecule has 0 aliphatic carbocycles. The number of aryl methyl sites for hydroxylation is 1. The average Bonchev–Trinajstić information content (AvgIpc) is 2.28. The molecule has 0 atom stereocenters. The third-order valence-electron chi connectivity index (χ3n) is 2.30. The maximum Gasteiger partial charge on any atom is 0.133 e. The molecule has 1 aromatic heterocycles. The van der Waals surface area contributed by atoms with Crippen molar-refractivity contribution in [1.29, 1.82) is 0 Å². The number of rotatable bonds is 2. The highest BCUT2D eigenvalue weighted by atomic mass is 35.5. The minimum absolute atomic E-state index is 0.479. The average molecular weight is 268 g/mol. The van der Waals surface area contributed by atoms with E-state index in [-0.39, 0.29) is 0 Å². The molecule has 0 bridgehead atoms. The molecular formula is C12H11Cl2N3. The van der Waals surface area contributed by atoms with Gasteiger partial charge in [-0.1, -0.05) is 29.3 Å². The molecule has 0 aliphatic heterocycles. The van der Waals surface area contributed by atoms with Gasteiger partial charge < -0.3 is 11.1 Å². The number of aromatic nitrogens is 1. The van der Waals surface area contributed by atoms with E-state index in [4.69, 9.17) is 28.9 Å². The zero-order chi connectivity index (χ0) is 12.4. The minimum Gasteiger partial charge on any atom is -0.397 e. The van der Waals surface area contributed by atoms with Crippen LogP contribution < -0.4 is 11.1 Å². The molecule has 0 radical (unpaired) electrons. The SMILES string of the molecule is Cc1cc(N)cnc1Nc1cccc(Cl)c1Cl. The van der Waals surface area contributed by atoms with E-state index in [1.54, 1.807) is 12.3 Å². The predicted molar refractivity (Wildman–Crippen MR) is 73.1 cm³/mol. The van der Waals surface area contributed by atoms with Gasteiger partial charge in [0.2, 0.25) is 0 Å². The first-order valence-corrected chi connectivity index (χ1v) is 5.76. The largest absolute Gasteiger partial charge is 0.397 e. The van der Waals surface area contributed by atoms with Gasteiger partial charge in [0.25, 0.3) is 0 Å². The van der Waals surface area contributed by atoms with Gasteiger partial charge in [-0.3, -0.25) is 0 Å². The summed E-state index contributed by atoms with van der Waals surface area (Å²) in [6.45, 7) is 1.92. The molecule has 2 aromatic rings. The molecule has 17 heavy (non-hydrogen) atoms. The molecule has 2 rings (SSSR count). The highest BCUT2D eigenvalue weighted by Gasteiger charge is 2.06. The van der Waals surface area contributed by atoms with Gasteiger partial charge in [-0.2, -0.15) is 0 Å². The first-order valence-electron chi connectivity index (χ1n) is 5.01. The Morgan fingerprint density at radius 3 is 2.76 bits per heavy atom. The van der Waals surface area contributed by atoms with Gasteiger partial charge >= 0.3 is 0 Å². The molecule has 0 fully saturated rings.